The second kappa shape index (κ2) is 7.65. The van der Waals surface area contributed by atoms with Gasteiger partial charge in [-0.25, -0.2) is 4.79 Å². The van der Waals surface area contributed by atoms with Crippen LogP contribution in [0.25, 0.3) is 0 Å². The largest absolute Gasteiger partial charge is 0.497 e. The van der Waals surface area contributed by atoms with Crippen LogP contribution in [0.5, 0.6) is 11.5 Å². The number of urea groups is 1. The van der Waals surface area contributed by atoms with Crippen LogP contribution < -0.4 is 14.8 Å². The SMILES string of the molecule is C#CCN(CC(=O)O)C(=O)Nc1ccc(OC)cc1OC. The minimum absolute atomic E-state index is 0.114. The highest BCUT2D eigenvalue weighted by Gasteiger charge is 2.17. The van der Waals surface area contributed by atoms with Crippen molar-refractivity contribution in [2.45, 2.75) is 0 Å². The number of hydrogen-bond donors (Lipinski definition) is 2. The third-order valence-electron chi connectivity index (χ3n) is 2.55. The summed E-state index contributed by atoms with van der Waals surface area (Å²) in [5, 5.41) is 11.3. The molecule has 0 spiro atoms. The van der Waals surface area contributed by atoms with Crippen LogP contribution in [0.3, 0.4) is 0 Å². The van der Waals surface area contributed by atoms with Crippen molar-refractivity contribution in [2.24, 2.45) is 0 Å². The van der Waals surface area contributed by atoms with Gasteiger partial charge in [-0.3, -0.25) is 4.79 Å². The van der Waals surface area contributed by atoms with E-state index in [1.807, 2.05) is 0 Å². The van der Waals surface area contributed by atoms with Crippen LogP contribution in [-0.4, -0.2) is 49.3 Å². The van der Waals surface area contributed by atoms with Crippen LogP contribution in [-0.2, 0) is 4.79 Å². The molecule has 0 atom stereocenters. The van der Waals surface area contributed by atoms with E-state index in [9.17, 15) is 9.59 Å². The average Bonchev–Trinajstić information content (AvgIpc) is 2.46. The molecule has 0 aliphatic heterocycles. The Morgan fingerprint density at radius 3 is 2.62 bits per heavy atom. The summed E-state index contributed by atoms with van der Waals surface area (Å²) in [6, 6.07) is 4.20. The molecule has 0 aromatic heterocycles. The van der Waals surface area contributed by atoms with Gasteiger partial charge in [-0.2, -0.15) is 0 Å². The molecule has 0 saturated carbocycles. The Labute approximate surface area is 122 Å². The first-order valence-corrected chi connectivity index (χ1v) is 5.95. The summed E-state index contributed by atoms with van der Waals surface area (Å²) in [6.45, 7) is -0.606. The number of carboxylic acid groups (broad SMARTS) is 1. The van der Waals surface area contributed by atoms with Gasteiger partial charge in [0.25, 0.3) is 0 Å². The van der Waals surface area contributed by atoms with Gasteiger partial charge in [0.05, 0.1) is 26.5 Å². The van der Waals surface area contributed by atoms with Gasteiger partial charge in [-0.15, -0.1) is 6.42 Å². The highest BCUT2D eigenvalue weighted by molar-refractivity contribution is 5.93. The number of terminal acetylenes is 1. The molecule has 0 aliphatic carbocycles. The second-order valence-electron chi connectivity index (χ2n) is 3.95. The predicted molar refractivity (Wildman–Crippen MR) is 76.6 cm³/mol. The molecule has 0 radical (unpaired) electrons. The minimum atomic E-state index is -1.15. The van der Waals surface area contributed by atoms with Gasteiger partial charge in [0, 0.05) is 6.07 Å². The summed E-state index contributed by atoms with van der Waals surface area (Å²) in [6.07, 6.45) is 5.12. The number of carbonyl (C=O) groups is 2. The number of ether oxygens (including phenoxy) is 2. The summed E-state index contributed by atoms with van der Waals surface area (Å²) in [5.74, 6) is 2.04. The van der Waals surface area contributed by atoms with Crippen LogP contribution in [0.1, 0.15) is 0 Å². The first-order valence-electron chi connectivity index (χ1n) is 5.95. The van der Waals surface area contributed by atoms with Gasteiger partial charge in [-0.05, 0) is 12.1 Å². The van der Waals surface area contributed by atoms with Gasteiger partial charge in [-0.1, -0.05) is 5.92 Å². The number of rotatable bonds is 6. The highest BCUT2D eigenvalue weighted by atomic mass is 16.5. The fourth-order valence-corrected chi connectivity index (χ4v) is 1.57. The molecule has 0 bridgehead atoms. The molecule has 0 saturated heterocycles. The van der Waals surface area contributed by atoms with E-state index in [-0.39, 0.29) is 6.54 Å². The van der Waals surface area contributed by atoms with Crippen molar-refractivity contribution in [3.05, 3.63) is 18.2 Å². The lowest BCUT2D eigenvalue weighted by Gasteiger charge is -2.19. The molecule has 112 valence electrons. The topological polar surface area (TPSA) is 88.1 Å². The molecular weight excluding hydrogens is 276 g/mol. The van der Waals surface area contributed by atoms with E-state index in [1.54, 1.807) is 18.2 Å². The lowest BCUT2D eigenvalue weighted by molar-refractivity contribution is -0.137. The van der Waals surface area contributed by atoms with Crippen molar-refractivity contribution in [3.63, 3.8) is 0 Å². The van der Waals surface area contributed by atoms with Crippen LogP contribution in [0.15, 0.2) is 18.2 Å². The Morgan fingerprint density at radius 2 is 2.10 bits per heavy atom. The fourth-order valence-electron chi connectivity index (χ4n) is 1.57. The van der Waals surface area contributed by atoms with E-state index in [2.05, 4.69) is 11.2 Å². The molecule has 1 rings (SSSR count). The molecule has 2 amide bonds. The van der Waals surface area contributed by atoms with E-state index < -0.39 is 18.5 Å². The number of benzene rings is 1. The van der Waals surface area contributed by atoms with Gasteiger partial charge in [0.1, 0.15) is 18.0 Å². The molecule has 7 heteroatoms. The summed E-state index contributed by atoms with van der Waals surface area (Å²) in [5.41, 5.74) is 0.385. The van der Waals surface area contributed by atoms with Gasteiger partial charge >= 0.3 is 12.0 Å². The van der Waals surface area contributed by atoms with Crippen LogP contribution in [0.2, 0.25) is 0 Å². The van der Waals surface area contributed by atoms with Crippen molar-refractivity contribution in [3.8, 4) is 23.8 Å². The number of aliphatic carboxylic acids is 1. The minimum Gasteiger partial charge on any atom is -0.497 e. The van der Waals surface area contributed by atoms with Crippen LogP contribution in [0.4, 0.5) is 10.5 Å². The van der Waals surface area contributed by atoms with E-state index in [0.717, 1.165) is 4.90 Å². The predicted octanol–water partition coefficient (Wildman–Crippen LogP) is 1.26. The van der Waals surface area contributed by atoms with E-state index in [1.165, 1.54) is 14.2 Å². The van der Waals surface area contributed by atoms with Crippen molar-refractivity contribution in [1.82, 2.24) is 4.90 Å². The lowest BCUT2D eigenvalue weighted by atomic mass is 10.2. The second-order valence-corrected chi connectivity index (χ2v) is 3.95. The molecule has 0 fully saturated rings. The maximum atomic E-state index is 12.0. The number of hydrogen-bond acceptors (Lipinski definition) is 4. The molecule has 21 heavy (non-hydrogen) atoms. The van der Waals surface area contributed by atoms with Gasteiger partial charge in [0.2, 0.25) is 0 Å². The molecule has 7 nitrogen and oxygen atoms in total. The van der Waals surface area contributed by atoms with Crippen molar-refractivity contribution in [2.75, 3.05) is 32.6 Å². The van der Waals surface area contributed by atoms with Gasteiger partial charge < -0.3 is 24.8 Å². The van der Waals surface area contributed by atoms with E-state index in [0.29, 0.717) is 17.2 Å². The zero-order valence-electron chi connectivity index (χ0n) is 11.8. The van der Waals surface area contributed by atoms with E-state index in [4.69, 9.17) is 21.0 Å². The van der Waals surface area contributed by atoms with Gasteiger partial charge in [0.15, 0.2) is 0 Å². The first kappa shape index (κ1) is 16.2. The standard InChI is InChI=1S/C14H16N2O5/c1-4-7-16(9-13(17)18)14(19)15-11-6-5-10(20-2)8-12(11)21-3/h1,5-6,8H,7,9H2,2-3H3,(H,15,19)(H,17,18). The highest BCUT2D eigenvalue weighted by Crippen LogP contribution is 2.29. The Balaban J connectivity index is 2.90. The number of carbonyl (C=O) groups excluding carboxylic acids is 1. The number of methoxy groups -OCH3 is 2. The zero-order valence-corrected chi connectivity index (χ0v) is 11.8. The molecule has 0 unspecified atom stereocenters. The Hall–Kier alpha value is -2.88. The normalized spacial score (nSPS) is 9.38. The third-order valence-corrected chi connectivity index (χ3v) is 2.55. The fraction of sp³-hybridized carbons (Fsp3) is 0.286. The number of anilines is 1. The average molecular weight is 292 g/mol. The summed E-state index contributed by atoms with van der Waals surface area (Å²) in [7, 11) is 2.95. The van der Waals surface area contributed by atoms with Crippen LogP contribution in [0, 0.1) is 12.3 Å². The van der Waals surface area contributed by atoms with Crippen molar-refractivity contribution in [1.29, 1.82) is 0 Å². The number of amides is 2. The lowest BCUT2D eigenvalue weighted by Crippen LogP contribution is -2.39. The molecule has 0 heterocycles. The van der Waals surface area contributed by atoms with Crippen molar-refractivity contribution < 1.29 is 24.2 Å². The summed E-state index contributed by atoms with van der Waals surface area (Å²) in [4.78, 5) is 23.7. The Morgan fingerprint density at radius 1 is 1.38 bits per heavy atom. The molecule has 0 aliphatic rings. The molecule has 2 N–H and O–H groups in total. The van der Waals surface area contributed by atoms with E-state index >= 15 is 0 Å². The maximum absolute atomic E-state index is 12.0. The first-order chi connectivity index (χ1) is 10.0. The summed E-state index contributed by atoms with van der Waals surface area (Å²) >= 11 is 0. The number of nitrogens with one attached hydrogen (secondary N) is 1. The molecule has 1 aromatic rings. The Bertz CT molecular complexity index is 565. The quantitative estimate of drug-likeness (QED) is 0.771. The third kappa shape index (κ3) is 4.62. The number of carboxylic acids is 1. The van der Waals surface area contributed by atoms with Crippen LogP contribution >= 0.6 is 0 Å². The molecular formula is C14H16N2O5. The maximum Gasteiger partial charge on any atom is 0.323 e. The monoisotopic (exact) mass is 292 g/mol. The number of nitrogens with zero attached hydrogens (tertiary/aromatic N) is 1. The Kier molecular flexibility index (Phi) is 5.89. The summed E-state index contributed by atoms with van der Waals surface area (Å²) < 4.78 is 10.2. The zero-order chi connectivity index (χ0) is 15.8. The smallest absolute Gasteiger partial charge is 0.323 e. The van der Waals surface area contributed by atoms with Crippen molar-refractivity contribution >= 4 is 17.7 Å². The molecule has 1 aromatic carbocycles.